The second-order valence-corrected chi connectivity index (χ2v) is 5.69. The lowest BCUT2D eigenvalue weighted by Gasteiger charge is -2.10. The number of aromatic nitrogens is 4. The highest BCUT2D eigenvalue weighted by Gasteiger charge is 2.14. The lowest BCUT2D eigenvalue weighted by molar-refractivity contribution is 1.16. The molecule has 4 rings (SSSR count). The zero-order chi connectivity index (χ0) is 17.2. The second kappa shape index (κ2) is 7.30. The topological polar surface area (TPSA) is 51.6 Å². The van der Waals surface area contributed by atoms with E-state index in [0.29, 0.717) is 0 Å². The van der Waals surface area contributed by atoms with E-state index in [-0.39, 0.29) is 12.4 Å². The lowest BCUT2D eigenvalue weighted by atomic mass is 9.99. The Morgan fingerprint density at radius 3 is 2.65 bits per heavy atom. The average molecular weight is 359 g/mol. The lowest BCUT2D eigenvalue weighted by Crippen LogP contribution is -1.95. The molecule has 126 valence electrons. The third-order valence-electron chi connectivity index (χ3n) is 4.03. The van der Waals surface area contributed by atoms with Gasteiger partial charge in [-0.3, -0.25) is 9.97 Å². The van der Waals surface area contributed by atoms with Gasteiger partial charge in [-0.1, -0.05) is 24.1 Å². The summed E-state index contributed by atoms with van der Waals surface area (Å²) < 4.78 is 0. The molecule has 5 heteroatoms. The smallest absolute Gasteiger partial charge is 0.116 e. The molecule has 3 aromatic heterocycles. The molecular formula is C21H15ClN4. The number of fused-ring (bicyclic) bond motifs is 1. The highest BCUT2D eigenvalue weighted by molar-refractivity contribution is 5.94. The number of hydrogen-bond donors (Lipinski definition) is 0. The zero-order valence-electron chi connectivity index (χ0n) is 14.0. The summed E-state index contributed by atoms with van der Waals surface area (Å²) >= 11 is 0. The number of pyridine rings is 2. The van der Waals surface area contributed by atoms with Crippen molar-refractivity contribution in [2.75, 3.05) is 0 Å². The molecule has 0 aliphatic carbocycles. The summed E-state index contributed by atoms with van der Waals surface area (Å²) in [7, 11) is 0. The molecule has 0 amide bonds. The summed E-state index contributed by atoms with van der Waals surface area (Å²) in [5, 5.41) is 0.876. The summed E-state index contributed by atoms with van der Waals surface area (Å²) in [6.07, 6.45) is 10.7. The monoisotopic (exact) mass is 358 g/mol. The van der Waals surface area contributed by atoms with Gasteiger partial charge in [-0.2, -0.15) is 0 Å². The molecule has 4 aromatic rings. The van der Waals surface area contributed by atoms with Crippen LogP contribution < -0.4 is 0 Å². The molecule has 0 saturated carbocycles. The number of halogens is 1. The molecule has 1 aromatic carbocycles. The first-order valence-corrected chi connectivity index (χ1v) is 7.86. The number of rotatable bonds is 2. The Labute approximate surface area is 157 Å². The Balaban J connectivity index is 0.00000196. The molecule has 0 bridgehead atoms. The zero-order valence-corrected chi connectivity index (χ0v) is 14.9. The van der Waals surface area contributed by atoms with E-state index in [2.05, 4.69) is 25.9 Å². The van der Waals surface area contributed by atoms with Crippen molar-refractivity contribution in [3.63, 3.8) is 0 Å². The summed E-state index contributed by atoms with van der Waals surface area (Å²) in [5.41, 5.74) is 6.13. The van der Waals surface area contributed by atoms with Gasteiger partial charge in [0.2, 0.25) is 0 Å². The maximum Gasteiger partial charge on any atom is 0.116 e. The van der Waals surface area contributed by atoms with E-state index in [1.54, 1.807) is 18.7 Å². The Kier molecular flexibility index (Phi) is 4.92. The summed E-state index contributed by atoms with van der Waals surface area (Å²) in [4.78, 5) is 17.8. The minimum atomic E-state index is 0. The largest absolute Gasteiger partial charge is 0.261 e. The van der Waals surface area contributed by atoms with E-state index < -0.39 is 0 Å². The fourth-order valence-corrected chi connectivity index (χ4v) is 2.85. The van der Waals surface area contributed by atoms with Crippen LogP contribution in [0.4, 0.5) is 0 Å². The Bertz CT molecular complexity index is 1130. The number of hydrogen-bond acceptors (Lipinski definition) is 4. The normalized spacial score (nSPS) is 10.2. The van der Waals surface area contributed by atoms with E-state index >= 15 is 0 Å². The van der Waals surface area contributed by atoms with Crippen LogP contribution in [-0.4, -0.2) is 19.9 Å². The Morgan fingerprint density at radius 2 is 1.81 bits per heavy atom. The minimum Gasteiger partial charge on any atom is -0.261 e. The van der Waals surface area contributed by atoms with Crippen LogP contribution in [-0.2, 0) is 0 Å². The highest BCUT2D eigenvalue weighted by atomic mass is 35.5. The maximum absolute atomic E-state index is 5.54. The van der Waals surface area contributed by atoms with Crippen LogP contribution in [0.2, 0.25) is 0 Å². The van der Waals surface area contributed by atoms with Gasteiger partial charge in [0.25, 0.3) is 0 Å². The van der Waals surface area contributed by atoms with E-state index in [4.69, 9.17) is 6.42 Å². The molecule has 0 aliphatic rings. The first-order valence-electron chi connectivity index (χ1n) is 7.86. The SMILES string of the molecule is C#Cc1cccc(-c2cccnc2-c2ncnc3cc(C)ncc23)c1.Cl. The van der Waals surface area contributed by atoms with Crippen LogP contribution in [0.25, 0.3) is 33.4 Å². The molecular weight excluding hydrogens is 344 g/mol. The van der Waals surface area contributed by atoms with E-state index in [0.717, 1.165) is 44.7 Å². The fourth-order valence-electron chi connectivity index (χ4n) is 2.85. The average Bonchev–Trinajstić information content (AvgIpc) is 2.67. The van der Waals surface area contributed by atoms with Gasteiger partial charge in [-0.05, 0) is 36.8 Å². The fraction of sp³-hybridized carbons (Fsp3) is 0.0476. The van der Waals surface area contributed by atoms with Crippen LogP contribution in [0.5, 0.6) is 0 Å². The first-order chi connectivity index (χ1) is 12.3. The van der Waals surface area contributed by atoms with Crippen molar-refractivity contribution in [2.45, 2.75) is 6.92 Å². The van der Waals surface area contributed by atoms with Crippen LogP contribution in [0, 0.1) is 19.3 Å². The van der Waals surface area contributed by atoms with Crippen molar-refractivity contribution >= 4 is 23.3 Å². The predicted octanol–water partition coefficient (Wildman–Crippen LogP) is 4.47. The van der Waals surface area contributed by atoms with Crippen LogP contribution in [0.15, 0.2) is 61.2 Å². The molecule has 0 aliphatic heterocycles. The molecule has 0 radical (unpaired) electrons. The standard InChI is InChI=1S/C21H14N4.ClH/c1-3-15-6-4-7-16(11-15)17-8-5-9-22-20(17)21-18-12-23-14(2)10-19(18)24-13-25-21;/h1,4-13H,2H3;1H. The van der Waals surface area contributed by atoms with Gasteiger partial charge in [0, 0.05) is 34.6 Å². The molecule has 0 spiro atoms. The number of terminal acetylenes is 1. The van der Waals surface area contributed by atoms with Crippen molar-refractivity contribution < 1.29 is 0 Å². The number of nitrogens with zero attached hydrogens (tertiary/aromatic N) is 4. The van der Waals surface area contributed by atoms with Crippen LogP contribution >= 0.6 is 12.4 Å². The van der Waals surface area contributed by atoms with Gasteiger partial charge in [-0.15, -0.1) is 18.8 Å². The quantitative estimate of drug-likeness (QED) is 0.496. The van der Waals surface area contributed by atoms with E-state index in [9.17, 15) is 0 Å². The number of benzene rings is 1. The van der Waals surface area contributed by atoms with Crippen molar-refractivity contribution in [2.24, 2.45) is 0 Å². The second-order valence-electron chi connectivity index (χ2n) is 5.69. The van der Waals surface area contributed by atoms with E-state index in [1.807, 2.05) is 49.4 Å². The summed E-state index contributed by atoms with van der Waals surface area (Å²) in [6, 6.07) is 13.7. The van der Waals surface area contributed by atoms with Gasteiger partial charge in [0.05, 0.1) is 11.2 Å². The van der Waals surface area contributed by atoms with Crippen molar-refractivity contribution in [1.29, 1.82) is 0 Å². The van der Waals surface area contributed by atoms with Gasteiger partial charge >= 0.3 is 0 Å². The van der Waals surface area contributed by atoms with Crippen LogP contribution in [0.3, 0.4) is 0 Å². The number of aryl methyl sites for hydroxylation is 1. The Morgan fingerprint density at radius 1 is 0.923 bits per heavy atom. The van der Waals surface area contributed by atoms with Crippen molar-refractivity contribution in [3.05, 3.63) is 72.4 Å². The molecule has 0 atom stereocenters. The predicted molar refractivity (Wildman–Crippen MR) is 106 cm³/mol. The summed E-state index contributed by atoms with van der Waals surface area (Å²) in [5.74, 6) is 2.68. The molecule has 26 heavy (non-hydrogen) atoms. The van der Waals surface area contributed by atoms with Gasteiger partial charge in [0.1, 0.15) is 12.0 Å². The third-order valence-corrected chi connectivity index (χ3v) is 4.03. The van der Waals surface area contributed by atoms with Crippen LogP contribution in [0.1, 0.15) is 11.3 Å². The third kappa shape index (κ3) is 3.13. The first kappa shape index (κ1) is 17.5. The summed E-state index contributed by atoms with van der Waals surface area (Å²) in [6.45, 7) is 1.94. The molecule has 0 fully saturated rings. The highest BCUT2D eigenvalue weighted by Crippen LogP contribution is 2.32. The van der Waals surface area contributed by atoms with E-state index in [1.165, 1.54) is 0 Å². The maximum atomic E-state index is 5.54. The molecule has 0 N–H and O–H groups in total. The minimum absolute atomic E-state index is 0. The molecule has 3 heterocycles. The Hall–Kier alpha value is -3.29. The molecule has 0 unspecified atom stereocenters. The van der Waals surface area contributed by atoms with Crippen molar-refractivity contribution in [1.82, 2.24) is 19.9 Å². The molecule has 0 saturated heterocycles. The van der Waals surface area contributed by atoms with Gasteiger partial charge in [0.15, 0.2) is 0 Å². The van der Waals surface area contributed by atoms with Gasteiger partial charge < -0.3 is 0 Å². The molecule has 4 nitrogen and oxygen atoms in total. The van der Waals surface area contributed by atoms with Crippen molar-refractivity contribution in [3.8, 4) is 34.9 Å². The van der Waals surface area contributed by atoms with Gasteiger partial charge in [-0.25, -0.2) is 9.97 Å².